The fraction of sp³-hybridized carbons (Fsp3) is 0.296. The standard InChI is InChI=1S/C27H28N2O3/c1-16(2)31-20-11-9-18(10-12-20)19-14-23-26(24(30)15-19)27(25-13-8-17(3)32-25)29-22-7-5-4-6-21(22)28-23/h4-13,16,19,27-29H,14-15H2,1-3H3. The molecule has 32 heavy (non-hydrogen) atoms. The Kier molecular flexibility index (Phi) is 5.25. The maximum atomic E-state index is 13.5. The minimum absolute atomic E-state index is 0.117. The first kappa shape index (κ1) is 20.4. The molecule has 2 atom stereocenters. The van der Waals surface area contributed by atoms with Crippen LogP contribution in [0.15, 0.2) is 76.4 Å². The summed E-state index contributed by atoms with van der Waals surface area (Å²) in [6, 6.07) is 19.8. The normalized spacial score (nSPS) is 20.2. The lowest BCUT2D eigenvalue weighted by Crippen LogP contribution is -2.26. The van der Waals surface area contributed by atoms with E-state index in [2.05, 4.69) is 22.8 Å². The summed E-state index contributed by atoms with van der Waals surface area (Å²) in [4.78, 5) is 13.5. The van der Waals surface area contributed by atoms with E-state index in [0.717, 1.165) is 51.9 Å². The number of ether oxygens (including phenoxy) is 1. The number of carbonyl (C=O) groups is 1. The Bertz CT molecular complexity index is 1170. The van der Waals surface area contributed by atoms with Crippen LogP contribution in [0, 0.1) is 6.92 Å². The molecule has 0 saturated carbocycles. The Hall–Kier alpha value is -3.47. The lowest BCUT2D eigenvalue weighted by molar-refractivity contribution is -0.116. The molecule has 5 rings (SSSR count). The zero-order chi connectivity index (χ0) is 22.2. The summed E-state index contributed by atoms with van der Waals surface area (Å²) >= 11 is 0. The second-order valence-corrected chi connectivity index (χ2v) is 8.85. The van der Waals surface area contributed by atoms with Gasteiger partial charge < -0.3 is 19.8 Å². The molecule has 0 saturated heterocycles. The number of anilines is 2. The van der Waals surface area contributed by atoms with E-state index in [1.165, 1.54) is 0 Å². The second-order valence-electron chi connectivity index (χ2n) is 8.85. The first-order valence-corrected chi connectivity index (χ1v) is 11.2. The van der Waals surface area contributed by atoms with E-state index in [4.69, 9.17) is 9.15 Å². The summed E-state index contributed by atoms with van der Waals surface area (Å²) in [5.74, 6) is 2.70. The van der Waals surface area contributed by atoms with Crippen molar-refractivity contribution in [1.29, 1.82) is 0 Å². The molecule has 1 aliphatic heterocycles. The van der Waals surface area contributed by atoms with Crippen molar-refractivity contribution < 1.29 is 13.9 Å². The highest BCUT2D eigenvalue weighted by molar-refractivity contribution is 6.01. The molecule has 2 aromatic carbocycles. The maximum absolute atomic E-state index is 13.5. The number of hydrogen-bond donors (Lipinski definition) is 2. The summed E-state index contributed by atoms with van der Waals surface area (Å²) in [7, 11) is 0. The number of benzene rings is 2. The van der Waals surface area contributed by atoms with E-state index < -0.39 is 0 Å². The van der Waals surface area contributed by atoms with Crippen LogP contribution in [-0.2, 0) is 4.79 Å². The van der Waals surface area contributed by atoms with Gasteiger partial charge in [0.25, 0.3) is 0 Å². The zero-order valence-corrected chi connectivity index (χ0v) is 18.6. The molecule has 0 fully saturated rings. The molecule has 0 radical (unpaired) electrons. The van der Waals surface area contributed by atoms with Gasteiger partial charge in [-0.05, 0) is 75.1 Å². The number of nitrogens with one attached hydrogen (secondary N) is 2. The largest absolute Gasteiger partial charge is 0.491 e. The number of furan rings is 1. The summed E-state index contributed by atoms with van der Waals surface area (Å²) in [5, 5.41) is 7.11. The third-order valence-corrected chi connectivity index (χ3v) is 6.08. The highest BCUT2D eigenvalue weighted by Gasteiger charge is 2.37. The lowest BCUT2D eigenvalue weighted by atomic mass is 9.79. The van der Waals surface area contributed by atoms with Gasteiger partial charge in [0.15, 0.2) is 5.78 Å². The Morgan fingerprint density at radius 3 is 2.41 bits per heavy atom. The quantitative estimate of drug-likeness (QED) is 0.507. The summed E-state index contributed by atoms with van der Waals surface area (Å²) in [6.07, 6.45) is 1.37. The molecule has 0 spiro atoms. The SMILES string of the molecule is Cc1ccc(C2Nc3ccccc3NC3=C2C(=O)CC(c2ccc(OC(C)C)cc2)C3)o1. The van der Waals surface area contributed by atoms with Crippen molar-refractivity contribution in [3.63, 3.8) is 0 Å². The average Bonchev–Trinajstić information content (AvgIpc) is 3.11. The van der Waals surface area contributed by atoms with Crippen molar-refractivity contribution in [2.75, 3.05) is 10.6 Å². The molecule has 2 N–H and O–H groups in total. The number of fused-ring (bicyclic) bond motifs is 1. The highest BCUT2D eigenvalue weighted by Crippen LogP contribution is 2.44. The molecule has 2 aliphatic rings. The number of carbonyl (C=O) groups excluding carboxylic acids is 1. The minimum Gasteiger partial charge on any atom is -0.491 e. The van der Waals surface area contributed by atoms with Gasteiger partial charge in [-0.15, -0.1) is 0 Å². The van der Waals surface area contributed by atoms with E-state index in [1.807, 2.05) is 69.3 Å². The molecule has 1 aromatic heterocycles. The van der Waals surface area contributed by atoms with Gasteiger partial charge in [0.1, 0.15) is 23.3 Å². The third kappa shape index (κ3) is 3.91. The molecule has 3 aromatic rings. The van der Waals surface area contributed by atoms with Gasteiger partial charge in [0.2, 0.25) is 0 Å². The van der Waals surface area contributed by atoms with Gasteiger partial charge >= 0.3 is 0 Å². The summed E-state index contributed by atoms with van der Waals surface area (Å²) in [6.45, 7) is 5.96. The third-order valence-electron chi connectivity index (χ3n) is 6.08. The molecular formula is C27H28N2O3. The van der Waals surface area contributed by atoms with Crippen molar-refractivity contribution in [3.05, 3.63) is 89.0 Å². The van der Waals surface area contributed by atoms with Crippen LogP contribution < -0.4 is 15.4 Å². The van der Waals surface area contributed by atoms with Crippen molar-refractivity contribution >= 4 is 17.2 Å². The molecule has 0 amide bonds. The Morgan fingerprint density at radius 2 is 1.72 bits per heavy atom. The van der Waals surface area contributed by atoms with Crippen LogP contribution in [0.2, 0.25) is 0 Å². The molecule has 164 valence electrons. The first-order chi connectivity index (χ1) is 15.5. The number of hydrogen-bond acceptors (Lipinski definition) is 5. The number of allylic oxidation sites excluding steroid dienone is 1. The maximum Gasteiger partial charge on any atom is 0.163 e. The van der Waals surface area contributed by atoms with Crippen molar-refractivity contribution in [1.82, 2.24) is 0 Å². The van der Waals surface area contributed by atoms with E-state index in [9.17, 15) is 4.79 Å². The van der Waals surface area contributed by atoms with Crippen LogP contribution in [0.1, 0.15) is 55.7 Å². The van der Waals surface area contributed by atoms with Gasteiger partial charge in [-0.2, -0.15) is 0 Å². The Labute approximate surface area is 188 Å². The predicted molar refractivity (Wildman–Crippen MR) is 126 cm³/mol. The zero-order valence-electron chi connectivity index (χ0n) is 18.6. The second kappa shape index (κ2) is 8.23. The fourth-order valence-electron chi connectivity index (χ4n) is 4.64. The molecule has 5 heteroatoms. The Morgan fingerprint density at radius 1 is 0.969 bits per heavy atom. The van der Waals surface area contributed by atoms with E-state index in [1.54, 1.807) is 0 Å². The fourth-order valence-corrected chi connectivity index (χ4v) is 4.64. The molecule has 1 aliphatic carbocycles. The van der Waals surface area contributed by atoms with Crippen molar-refractivity contribution in [2.45, 2.75) is 51.7 Å². The average molecular weight is 429 g/mol. The van der Waals surface area contributed by atoms with Gasteiger partial charge in [0, 0.05) is 17.7 Å². The smallest absolute Gasteiger partial charge is 0.163 e. The number of aryl methyl sites for hydroxylation is 1. The van der Waals surface area contributed by atoms with Gasteiger partial charge in [-0.25, -0.2) is 0 Å². The molecule has 0 bridgehead atoms. The van der Waals surface area contributed by atoms with E-state index in [0.29, 0.717) is 6.42 Å². The molecule has 5 nitrogen and oxygen atoms in total. The van der Waals surface area contributed by atoms with Crippen LogP contribution >= 0.6 is 0 Å². The molecular weight excluding hydrogens is 400 g/mol. The highest BCUT2D eigenvalue weighted by atomic mass is 16.5. The number of rotatable bonds is 4. The van der Waals surface area contributed by atoms with Crippen LogP contribution in [0.25, 0.3) is 0 Å². The predicted octanol–water partition coefficient (Wildman–Crippen LogP) is 6.35. The van der Waals surface area contributed by atoms with E-state index in [-0.39, 0.29) is 23.8 Å². The monoisotopic (exact) mass is 428 g/mol. The minimum atomic E-state index is -0.315. The van der Waals surface area contributed by atoms with Crippen LogP contribution in [0.3, 0.4) is 0 Å². The summed E-state index contributed by atoms with van der Waals surface area (Å²) in [5.41, 5.74) is 4.82. The number of para-hydroxylation sites is 2. The van der Waals surface area contributed by atoms with Crippen LogP contribution in [0.5, 0.6) is 5.75 Å². The van der Waals surface area contributed by atoms with Gasteiger partial charge in [-0.1, -0.05) is 24.3 Å². The number of ketones is 1. The Balaban J connectivity index is 1.51. The molecule has 2 heterocycles. The first-order valence-electron chi connectivity index (χ1n) is 11.2. The van der Waals surface area contributed by atoms with E-state index >= 15 is 0 Å². The lowest BCUT2D eigenvalue weighted by Gasteiger charge is -2.29. The van der Waals surface area contributed by atoms with Crippen LogP contribution in [0.4, 0.5) is 11.4 Å². The van der Waals surface area contributed by atoms with Crippen molar-refractivity contribution in [3.8, 4) is 5.75 Å². The number of Topliss-reactive ketones (excluding diaryl/α,β-unsaturated/α-hetero) is 1. The van der Waals surface area contributed by atoms with Crippen molar-refractivity contribution in [2.24, 2.45) is 0 Å². The van der Waals surface area contributed by atoms with Gasteiger partial charge in [-0.3, -0.25) is 4.79 Å². The van der Waals surface area contributed by atoms with Crippen LogP contribution in [-0.4, -0.2) is 11.9 Å². The molecule has 2 unspecified atom stereocenters. The van der Waals surface area contributed by atoms with Gasteiger partial charge in [0.05, 0.1) is 17.5 Å². The summed E-state index contributed by atoms with van der Waals surface area (Å²) < 4.78 is 11.7. The topological polar surface area (TPSA) is 63.5 Å².